The zero-order valence-corrected chi connectivity index (χ0v) is 16.7. The Morgan fingerprint density at radius 2 is 2.03 bits per heavy atom. The number of carbonyl (C=O) groups is 2. The highest BCUT2D eigenvalue weighted by molar-refractivity contribution is 5.98. The molecule has 2 aromatic heterocycles. The number of nitrogens with zero attached hydrogens (tertiary/aromatic N) is 3. The average molecular weight is 391 g/mol. The van der Waals surface area contributed by atoms with Gasteiger partial charge in [-0.05, 0) is 37.0 Å². The van der Waals surface area contributed by atoms with E-state index in [1.54, 1.807) is 4.90 Å². The van der Waals surface area contributed by atoms with Crippen LogP contribution < -0.4 is 5.73 Å². The molecule has 3 N–H and O–H groups in total. The van der Waals surface area contributed by atoms with Crippen LogP contribution in [-0.4, -0.2) is 45.0 Å². The van der Waals surface area contributed by atoms with Gasteiger partial charge in [0.25, 0.3) is 11.8 Å². The maximum atomic E-state index is 13.0. The second-order valence-electron chi connectivity index (χ2n) is 7.93. The topological polar surface area (TPSA) is 105 Å². The average Bonchev–Trinajstić information content (AvgIpc) is 3.23. The van der Waals surface area contributed by atoms with E-state index in [1.807, 2.05) is 36.4 Å². The molecule has 1 unspecified atom stereocenters. The molecule has 7 nitrogen and oxygen atoms in total. The van der Waals surface area contributed by atoms with Crippen LogP contribution in [0.25, 0.3) is 10.9 Å². The SMILES string of the molecule is CC(C)c1cc(C(=O)N2CCCC(c3nc4ccccc4cc3C(N)=O)C2)n[nH]1. The van der Waals surface area contributed by atoms with Gasteiger partial charge in [-0.2, -0.15) is 5.10 Å². The van der Waals surface area contributed by atoms with Crippen LogP contribution in [0.5, 0.6) is 0 Å². The molecule has 1 saturated heterocycles. The van der Waals surface area contributed by atoms with Gasteiger partial charge in [0, 0.05) is 30.1 Å². The van der Waals surface area contributed by atoms with Gasteiger partial charge < -0.3 is 10.6 Å². The van der Waals surface area contributed by atoms with Crippen molar-refractivity contribution in [1.29, 1.82) is 0 Å². The molecule has 3 aromatic rings. The smallest absolute Gasteiger partial charge is 0.274 e. The summed E-state index contributed by atoms with van der Waals surface area (Å²) in [7, 11) is 0. The van der Waals surface area contributed by atoms with Crippen molar-refractivity contribution in [1.82, 2.24) is 20.1 Å². The number of fused-ring (bicyclic) bond motifs is 1. The largest absolute Gasteiger partial charge is 0.366 e. The number of hydrogen-bond acceptors (Lipinski definition) is 4. The molecular weight excluding hydrogens is 366 g/mol. The second-order valence-corrected chi connectivity index (χ2v) is 7.93. The molecule has 1 atom stereocenters. The minimum absolute atomic E-state index is 0.0386. The third kappa shape index (κ3) is 3.72. The number of nitrogens with two attached hydrogens (primary N) is 1. The van der Waals surface area contributed by atoms with Crippen molar-refractivity contribution in [2.45, 2.75) is 38.5 Å². The van der Waals surface area contributed by atoms with Gasteiger partial charge in [-0.3, -0.25) is 19.7 Å². The number of piperidine rings is 1. The van der Waals surface area contributed by atoms with Gasteiger partial charge in [0.05, 0.1) is 16.8 Å². The molecule has 3 heterocycles. The highest BCUT2D eigenvalue weighted by Gasteiger charge is 2.30. The number of para-hydroxylation sites is 1. The lowest BCUT2D eigenvalue weighted by Gasteiger charge is -2.32. The van der Waals surface area contributed by atoms with Crippen molar-refractivity contribution in [3.8, 4) is 0 Å². The highest BCUT2D eigenvalue weighted by Crippen LogP contribution is 2.30. The predicted octanol–water partition coefficient (Wildman–Crippen LogP) is 3.20. The van der Waals surface area contributed by atoms with Gasteiger partial charge in [-0.15, -0.1) is 0 Å². The molecular formula is C22H25N5O2. The van der Waals surface area contributed by atoms with E-state index in [1.165, 1.54) is 0 Å². The molecule has 0 radical (unpaired) electrons. The minimum atomic E-state index is -0.490. The Balaban J connectivity index is 1.63. The lowest BCUT2D eigenvalue weighted by atomic mass is 9.90. The van der Waals surface area contributed by atoms with Crippen LogP contribution in [-0.2, 0) is 0 Å². The summed E-state index contributed by atoms with van der Waals surface area (Å²) < 4.78 is 0. The van der Waals surface area contributed by atoms with E-state index in [9.17, 15) is 9.59 Å². The fraction of sp³-hybridized carbons (Fsp3) is 0.364. The first-order valence-corrected chi connectivity index (χ1v) is 9.98. The number of likely N-dealkylation sites (tertiary alicyclic amines) is 1. The number of rotatable bonds is 4. The Bertz CT molecular complexity index is 1070. The molecule has 0 saturated carbocycles. The van der Waals surface area contributed by atoms with E-state index in [-0.39, 0.29) is 17.7 Å². The maximum absolute atomic E-state index is 13.0. The molecule has 4 rings (SSSR count). The number of benzene rings is 1. The van der Waals surface area contributed by atoms with Crippen molar-refractivity contribution in [2.24, 2.45) is 5.73 Å². The number of nitrogens with one attached hydrogen (secondary N) is 1. The van der Waals surface area contributed by atoms with E-state index in [0.29, 0.717) is 30.0 Å². The van der Waals surface area contributed by atoms with E-state index in [0.717, 1.165) is 29.4 Å². The van der Waals surface area contributed by atoms with Gasteiger partial charge in [-0.25, -0.2) is 0 Å². The molecule has 7 heteroatoms. The summed E-state index contributed by atoms with van der Waals surface area (Å²) in [5.74, 6) is -0.351. The lowest BCUT2D eigenvalue weighted by molar-refractivity contribution is 0.0700. The van der Waals surface area contributed by atoms with Crippen LogP contribution in [0.2, 0.25) is 0 Å². The minimum Gasteiger partial charge on any atom is -0.366 e. The number of aromatic nitrogens is 3. The zero-order valence-electron chi connectivity index (χ0n) is 16.7. The maximum Gasteiger partial charge on any atom is 0.274 e. The molecule has 2 amide bonds. The van der Waals surface area contributed by atoms with Crippen LogP contribution in [0.3, 0.4) is 0 Å². The Hall–Kier alpha value is -3.22. The fourth-order valence-electron chi connectivity index (χ4n) is 3.93. The van der Waals surface area contributed by atoms with Gasteiger partial charge in [0.1, 0.15) is 5.69 Å². The van der Waals surface area contributed by atoms with Crippen molar-refractivity contribution >= 4 is 22.7 Å². The quantitative estimate of drug-likeness (QED) is 0.712. The van der Waals surface area contributed by atoms with Gasteiger partial charge in [0.15, 0.2) is 0 Å². The first kappa shape index (κ1) is 19.1. The van der Waals surface area contributed by atoms with Crippen molar-refractivity contribution in [3.05, 3.63) is 59.0 Å². The number of hydrogen-bond donors (Lipinski definition) is 2. The molecule has 1 fully saturated rings. The lowest BCUT2D eigenvalue weighted by Crippen LogP contribution is -2.40. The second kappa shape index (κ2) is 7.66. The molecule has 0 aliphatic carbocycles. The summed E-state index contributed by atoms with van der Waals surface area (Å²) in [6, 6.07) is 11.3. The van der Waals surface area contributed by atoms with Crippen LogP contribution in [0.15, 0.2) is 36.4 Å². The van der Waals surface area contributed by atoms with Crippen LogP contribution in [0.4, 0.5) is 0 Å². The van der Waals surface area contributed by atoms with Gasteiger partial charge in [0.2, 0.25) is 0 Å². The standard InChI is InChI=1S/C22H25N5O2/c1-13(2)18-11-19(26-25-18)22(29)27-9-5-7-15(12-27)20-16(21(23)28)10-14-6-3-4-8-17(14)24-20/h3-4,6,8,10-11,13,15H,5,7,9,12H2,1-2H3,(H2,23,28)(H,25,26). The highest BCUT2D eigenvalue weighted by atomic mass is 16.2. The Morgan fingerprint density at radius 1 is 1.24 bits per heavy atom. The van der Waals surface area contributed by atoms with Crippen LogP contribution >= 0.6 is 0 Å². The number of aromatic amines is 1. The number of pyridine rings is 1. The van der Waals surface area contributed by atoms with Crippen LogP contribution in [0, 0.1) is 0 Å². The third-order valence-electron chi connectivity index (χ3n) is 5.55. The molecule has 1 aromatic carbocycles. The van der Waals surface area contributed by atoms with E-state index < -0.39 is 5.91 Å². The summed E-state index contributed by atoms with van der Waals surface area (Å²) in [6.45, 7) is 5.26. The molecule has 0 spiro atoms. The summed E-state index contributed by atoms with van der Waals surface area (Å²) in [5, 5.41) is 8.01. The summed E-state index contributed by atoms with van der Waals surface area (Å²) >= 11 is 0. The zero-order chi connectivity index (χ0) is 20.5. The number of primary amides is 1. The molecule has 0 bridgehead atoms. The van der Waals surface area contributed by atoms with Crippen molar-refractivity contribution in [2.75, 3.05) is 13.1 Å². The van der Waals surface area contributed by atoms with Gasteiger partial charge in [-0.1, -0.05) is 32.0 Å². The number of amides is 2. The Kier molecular flexibility index (Phi) is 5.05. The summed E-state index contributed by atoms with van der Waals surface area (Å²) in [5.41, 5.74) is 8.96. The molecule has 150 valence electrons. The third-order valence-corrected chi connectivity index (χ3v) is 5.55. The number of carbonyl (C=O) groups excluding carboxylic acids is 2. The van der Waals surface area contributed by atoms with Crippen molar-refractivity contribution in [3.63, 3.8) is 0 Å². The summed E-state index contributed by atoms with van der Waals surface area (Å²) in [6.07, 6.45) is 1.69. The summed E-state index contributed by atoms with van der Waals surface area (Å²) in [4.78, 5) is 31.6. The molecule has 1 aliphatic rings. The molecule has 1 aliphatic heterocycles. The van der Waals surface area contributed by atoms with E-state index in [2.05, 4.69) is 24.0 Å². The predicted molar refractivity (Wildman–Crippen MR) is 111 cm³/mol. The van der Waals surface area contributed by atoms with Gasteiger partial charge >= 0.3 is 0 Å². The normalized spacial score (nSPS) is 17.1. The van der Waals surface area contributed by atoms with E-state index in [4.69, 9.17) is 10.7 Å². The molecule has 29 heavy (non-hydrogen) atoms. The van der Waals surface area contributed by atoms with Crippen molar-refractivity contribution < 1.29 is 9.59 Å². The monoisotopic (exact) mass is 391 g/mol. The van der Waals surface area contributed by atoms with Crippen LogP contribution in [0.1, 0.15) is 70.8 Å². The first-order valence-electron chi connectivity index (χ1n) is 9.98. The Morgan fingerprint density at radius 3 is 2.76 bits per heavy atom. The number of H-pyrrole nitrogens is 1. The fourth-order valence-corrected chi connectivity index (χ4v) is 3.93. The van der Waals surface area contributed by atoms with E-state index >= 15 is 0 Å². The Labute approximate surface area is 169 Å². The first-order chi connectivity index (χ1) is 13.9.